The highest BCUT2D eigenvalue weighted by molar-refractivity contribution is 5.43. The van der Waals surface area contributed by atoms with Gasteiger partial charge >= 0.3 is 0 Å². The lowest BCUT2D eigenvalue weighted by Gasteiger charge is -1.99. The Morgan fingerprint density at radius 2 is 2.00 bits per heavy atom. The van der Waals surface area contributed by atoms with E-state index in [2.05, 4.69) is 17.2 Å². The van der Waals surface area contributed by atoms with Crippen molar-refractivity contribution in [1.82, 2.24) is 0 Å². The summed E-state index contributed by atoms with van der Waals surface area (Å²) in [4.78, 5) is 0. The molecule has 0 fully saturated rings. The summed E-state index contributed by atoms with van der Waals surface area (Å²) in [5.74, 6) is 5.76. The first-order chi connectivity index (χ1) is 5.43. The summed E-state index contributed by atoms with van der Waals surface area (Å²) in [6.07, 6.45) is 0. The normalized spacial score (nSPS) is 8.09. The average Bonchev–Trinajstić information content (AvgIpc) is 2.07. The highest BCUT2D eigenvalue weighted by Gasteiger charge is 1.83. The zero-order valence-electron chi connectivity index (χ0n) is 6.59. The van der Waals surface area contributed by atoms with Gasteiger partial charge in [0.15, 0.2) is 0 Å². The van der Waals surface area contributed by atoms with E-state index in [1.54, 1.807) is 0 Å². The molecule has 1 N–H and O–H groups in total. The molecule has 0 unspecified atom stereocenters. The fourth-order valence-electron chi connectivity index (χ4n) is 0.791. The van der Waals surface area contributed by atoms with Crippen LogP contribution in [0.4, 0.5) is 5.69 Å². The monoisotopic (exact) mass is 145 g/mol. The van der Waals surface area contributed by atoms with Crippen molar-refractivity contribution in [2.45, 2.75) is 6.92 Å². The number of rotatable bonds is 2. The summed E-state index contributed by atoms with van der Waals surface area (Å²) in [5, 5.41) is 3.17. The average molecular weight is 145 g/mol. The third-order valence-corrected chi connectivity index (χ3v) is 1.33. The van der Waals surface area contributed by atoms with Crippen LogP contribution in [0.3, 0.4) is 0 Å². The van der Waals surface area contributed by atoms with Crippen molar-refractivity contribution in [1.29, 1.82) is 0 Å². The smallest absolute Gasteiger partial charge is 0.0765 e. The first-order valence-electron chi connectivity index (χ1n) is 3.62. The highest BCUT2D eigenvalue weighted by atomic mass is 14.8. The molecule has 1 aromatic rings. The zero-order valence-corrected chi connectivity index (χ0v) is 6.59. The molecule has 0 aliphatic carbocycles. The maximum atomic E-state index is 3.17. The Morgan fingerprint density at radius 3 is 2.64 bits per heavy atom. The fourth-order valence-corrected chi connectivity index (χ4v) is 0.791. The van der Waals surface area contributed by atoms with Crippen LogP contribution in [0.15, 0.2) is 30.3 Å². The Hall–Kier alpha value is -1.42. The maximum Gasteiger partial charge on any atom is 0.0765 e. The molecule has 1 rings (SSSR count). The quantitative estimate of drug-likeness (QED) is 0.628. The van der Waals surface area contributed by atoms with Crippen LogP contribution in [0.1, 0.15) is 6.92 Å². The van der Waals surface area contributed by atoms with E-state index in [0.717, 1.165) is 12.2 Å². The van der Waals surface area contributed by atoms with Gasteiger partial charge in [-0.2, -0.15) is 0 Å². The Morgan fingerprint density at radius 1 is 1.27 bits per heavy atom. The number of nitrogens with one attached hydrogen (secondary N) is 1. The molecular weight excluding hydrogens is 134 g/mol. The van der Waals surface area contributed by atoms with Crippen molar-refractivity contribution in [3.63, 3.8) is 0 Å². The van der Waals surface area contributed by atoms with Crippen molar-refractivity contribution in [3.05, 3.63) is 30.3 Å². The summed E-state index contributed by atoms with van der Waals surface area (Å²) >= 11 is 0. The van der Waals surface area contributed by atoms with Crippen LogP contribution in [-0.4, -0.2) is 6.54 Å². The molecule has 0 radical (unpaired) electrons. The van der Waals surface area contributed by atoms with Gasteiger partial charge in [-0.1, -0.05) is 24.1 Å². The van der Waals surface area contributed by atoms with E-state index >= 15 is 0 Å². The van der Waals surface area contributed by atoms with Crippen molar-refractivity contribution >= 4 is 5.69 Å². The third-order valence-electron chi connectivity index (χ3n) is 1.33. The predicted octanol–water partition coefficient (Wildman–Crippen LogP) is 2.12. The molecule has 0 aromatic heterocycles. The Balaban J connectivity index is 2.43. The van der Waals surface area contributed by atoms with Crippen LogP contribution in [0.2, 0.25) is 0 Å². The van der Waals surface area contributed by atoms with E-state index in [9.17, 15) is 0 Å². The second kappa shape index (κ2) is 4.40. The minimum absolute atomic E-state index is 0.723. The fraction of sp³-hybridized carbons (Fsp3) is 0.200. The largest absolute Gasteiger partial charge is 0.374 e. The lowest BCUT2D eigenvalue weighted by molar-refractivity contribution is 1.38. The van der Waals surface area contributed by atoms with E-state index in [1.807, 2.05) is 37.3 Å². The zero-order chi connectivity index (χ0) is 7.94. The van der Waals surface area contributed by atoms with Gasteiger partial charge in [-0.3, -0.25) is 0 Å². The lowest BCUT2D eigenvalue weighted by Crippen LogP contribution is -1.97. The van der Waals surface area contributed by atoms with Crippen LogP contribution in [-0.2, 0) is 0 Å². The number of anilines is 1. The number of hydrogen-bond donors (Lipinski definition) is 1. The summed E-state index contributed by atoms with van der Waals surface area (Å²) in [6.45, 7) is 2.56. The predicted molar refractivity (Wildman–Crippen MR) is 48.4 cm³/mol. The molecule has 1 nitrogen and oxygen atoms in total. The van der Waals surface area contributed by atoms with E-state index in [-0.39, 0.29) is 0 Å². The minimum atomic E-state index is 0.723. The highest BCUT2D eigenvalue weighted by Crippen LogP contribution is 2.02. The molecule has 0 spiro atoms. The summed E-state index contributed by atoms with van der Waals surface area (Å²) in [7, 11) is 0. The first-order valence-corrected chi connectivity index (χ1v) is 3.62. The number of hydrogen-bond acceptors (Lipinski definition) is 1. The van der Waals surface area contributed by atoms with Crippen LogP contribution in [0.5, 0.6) is 0 Å². The summed E-state index contributed by atoms with van der Waals surface area (Å²) in [6, 6.07) is 10.1. The van der Waals surface area contributed by atoms with E-state index in [4.69, 9.17) is 0 Å². The third kappa shape index (κ3) is 2.77. The molecule has 0 heterocycles. The van der Waals surface area contributed by atoms with E-state index < -0.39 is 0 Å². The summed E-state index contributed by atoms with van der Waals surface area (Å²) < 4.78 is 0. The van der Waals surface area contributed by atoms with Gasteiger partial charge in [-0.15, -0.1) is 5.92 Å². The summed E-state index contributed by atoms with van der Waals surface area (Å²) in [5.41, 5.74) is 1.12. The SMILES string of the molecule is CC#CCNc1ccccc1. The van der Waals surface area contributed by atoms with Gasteiger partial charge < -0.3 is 5.32 Å². The second-order valence-electron chi connectivity index (χ2n) is 2.15. The molecule has 0 saturated heterocycles. The molecule has 1 aromatic carbocycles. The van der Waals surface area contributed by atoms with Gasteiger partial charge in [-0.05, 0) is 19.1 Å². The number of benzene rings is 1. The van der Waals surface area contributed by atoms with Crippen molar-refractivity contribution < 1.29 is 0 Å². The van der Waals surface area contributed by atoms with Gasteiger partial charge in [0, 0.05) is 5.69 Å². The van der Waals surface area contributed by atoms with Gasteiger partial charge in [0.1, 0.15) is 0 Å². The van der Waals surface area contributed by atoms with Crippen molar-refractivity contribution in [2.24, 2.45) is 0 Å². The molecule has 0 aliphatic rings. The molecule has 0 bridgehead atoms. The number of para-hydroxylation sites is 1. The van der Waals surface area contributed by atoms with Crippen LogP contribution < -0.4 is 5.32 Å². The Kier molecular flexibility index (Phi) is 3.08. The van der Waals surface area contributed by atoms with Crippen molar-refractivity contribution in [2.75, 3.05) is 11.9 Å². The molecule has 56 valence electrons. The molecule has 0 atom stereocenters. The van der Waals surface area contributed by atoms with Crippen LogP contribution in [0.25, 0.3) is 0 Å². The van der Waals surface area contributed by atoms with Gasteiger partial charge in [0.25, 0.3) is 0 Å². The first kappa shape index (κ1) is 7.68. The molecule has 0 saturated carbocycles. The second-order valence-corrected chi connectivity index (χ2v) is 2.15. The molecule has 11 heavy (non-hydrogen) atoms. The molecular formula is C10H11N. The van der Waals surface area contributed by atoms with Crippen molar-refractivity contribution in [3.8, 4) is 11.8 Å². The molecule has 0 amide bonds. The molecule has 1 heteroatoms. The Bertz CT molecular complexity index is 253. The maximum absolute atomic E-state index is 3.17. The standard InChI is InChI=1S/C10H11N/c1-2-3-9-11-10-7-5-4-6-8-10/h4-8,11H,9H2,1H3. The van der Waals surface area contributed by atoms with E-state index in [0.29, 0.717) is 0 Å². The van der Waals surface area contributed by atoms with Gasteiger partial charge in [0.2, 0.25) is 0 Å². The van der Waals surface area contributed by atoms with Crippen LogP contribution >= 0.6 is 0 Å². The minimum Gasteiger partial charge on any atom is -0.374 e. The van der Waals surface area contributed by atoms with Crippen LogP contribution in [0, 0.1) is 11.8 Å². The molecule has 0 aliphatic heterocycles. The van der Waals surface area contributed by atoms with E-state index in [1.165, 1.54) is 0 Å². The van der Waals surface area contributed by atoms with Gasteiger partial charge in [0.05, 0.1) is 6.54 Å². The Labute approximate surface area is 67.4 Å². The topological polar surface area (TPSA) is 12.0 Å². The van der Waals surface area contributed by atoms with Gasteiger partial charge in [-0.25, -0.2) is 0 Å². The lowest BCUT2D eigenvalue weighted by atomic mass is 10.3.